The summed E-state index contributed by atoms with van der Waals surface area (Å²) in [6.45, 7) is 0. The molecule has 0 bridgehead atoms. The predicted octanol–water partition coefficient (Wildman–Crippen LogP) is 2.12. The molecule has 1 aromatic carbocycles. The summed E-state index contributed by atoms with van der Waals surface area (Å²) < 4.78 is 23.0. The molecule has 1 amide bonds. The van der Waals surface area contributed by atoms with Crippen LogP contribution in [0.4, 0.5) is 4.39 Å². The second-order valence-corrected chi connectivity index (χ2v) is 4.40. The number of benzene rings is 1. The van der Waals surface area contributed by atoms with E-state index in [1.54, 1.807) is 12.1 Å². The highest BCUT2D eigenvalue weighted by Crippen LogP contribution is 2.19. The number of furan rings is 1. The van der Waals surface area contributed by atoms with Gasteiger partial charge in [-0.1, -0.05) is 12.1 Å². The molecule has 0 aliphatic carbocycles. The predicted molar refractivity (Wildman–Crippen MR) is 71.5 cm³/mol. The first kappa shape index (κ1) is 14.8. The molecule has 0 saturated heterocycles. The van der Waals surface area contributed by atoms with Gasteiger partial charge in [-0.3, -0.25) is 9.59 Å². The summed E-state index contributed by atoms with van der Waals surface area (Å²) in [5, 5.41) is 0. The largest absolute Gasteiger partial charge is 0.469 e. The molecule has 2 aromatic rings. The molecule has 2 N–H and O–H groups in total. The van der Waals surface area contributed by atoms with Crippen molar-refractivity contribution in [1.82, 2.24) is 0 Å². The number of carbonyl (C=O) groups is 2. The molecule has 0 saturated carbocycles. The number of amides is 1. The number of rotatable bonds is 6. The lowest BCUT2D eigenvalue weighted by Gasteiger charge is -2.14. The highest BCUT2D eigenvalue weighted by molar-refractivity contribution is 5.83. The molecule has 1 aromatic heterocycles. The van der Waals surface area contributed by atoms with Gasteiger partial charge in [-0.15, -0.1) is 0 Å². The van der Waals surface area contributed by atoms with Crippen LogP contribution in [0, 0.1) is 5.82 Å². The first-order valence-corrected chi connectivity index (χ1v) is 6.33. The highest BCUT2D eigenvalue weighted by Gasteiger charge is 2.22. The summed E-state index contributed by atoms with van der Waals surface area (Å²) in [5.41, 5.74) is 5.55. The molecule has 1 atom stereocenters. The Morgan fingerprint density at radius 1 is 1.24 bits per heavy atom. The summed E-state index contributed by atoms with van der Waals surface area (Å²) in [5.74, 6) is -1.21. The third-order valence-corrected chi connectivity index (χ3v) is 2.84. The van der Waals surface area contributed by atoms with Gasteiger partial charge in [0.2, 0.25) is 6.10 Å². The van der Waals surface area contributed by atoms with E-state index in [1.165, 1.54) is 30.5 Å². The molecule has 6 heteroatoms. The number of nitrogens with two attached hydrogens (primary N) is 1. The van der Waals surface area contributed by atoms with E-state index in [4.69, 9.17) is 14.9 Å². The second kappa shape index (κ2) is 6.69. The van der Waals surface area contributed by atoms with Crippen LogP contribution in [0.2, 0.25) is 0 Å². The van der Waals surface area contributed by atoms with Crippen molar-refractivity contribution in [3.63, 3.8) is 0 Å². The molecule has 0 radical (unpaired) electrons. The van der Waals surface area contributed by atoms with Gasteiger partial charge in [0.05, 0.1) is 12.7 Å². The Hall–Kier alpha value is -2.63. The Kier molecular flexibility index (Phi) is 4.71. The molecule has 0 spiro atoms. The summed E-state index contributed by atoms with van der Waals surface area (Å²) in [4.78, 5) is 23.1. The smallest absolute Gasteiger partial charge is 0.307 e. The summed E-state index contributed by atoms with van der Waals surface area (Å²) in [6, 6.07) is 8.49. The number of halogens is 1. The number of esters is 1. The summed E-state index contributed by atoms with van der Waals surface area (Å²) in [6.07, 6.45) is 0.694. The van der Waals surface area contributed by atoms with Crippen molar-refractivity contribution >= 4 is 11.9 Å². The van der Waals surface area contributed by atoms with Crippen LogP contribution in [0.5, 0.6) is 0 Å². The number of carbonyl (C=O) groups excluding carboxylic acids is 2. The fraction of sp³-hybridized carbons (Fsp3) is 0.200. The van der Waals surface area contributed by atoms with Crippen LogP contribution in [-0.2, 0) is 20.7 Å². The van der Waals surface area contributed by atoms with Crippen LogP contribution in [0.15, 0.2) is 47.1 Å². The summed E-state index contributed by atoms with van der Waals surface area (Å²) >= 11 is 0. The minimum absolute atomic E-state index is 0.0541. The lowest BCUT2D eigenvalue weighted by Crippen LogP contribution is -2.26. The number of hydrogen-bond donors (Lipinski definition) is 1. The van der Waals surface area contributed by atoms with Gasteiger partial charge in [0.25, 0.3) is 5.91 Å². The van der Waals surface area contributed by atoms with E-state index >= 15 is 0 Å². The van der Waals surface area contributed by atoms with E-state index in [0.717, 1.165) is 0 Å². The van der Waals surface area contributed by atoms with Crippen molar-refractivity contribution < 1.29 is 23.1 Å². The Morgan fingerprint density at radius 2 is 1.95 bits per heavy atom. The highest BCUT2D eigenvalue weighted by atomic mass is 19.1. The van der Waals surface area contributed by atoms with E-state index in [2.05, 4.69) is 0 Å². The normalized spacial score (nSPS) is 11.9. The van der Waals surface area contributed by atoms with Gasteiger partial charge in [0.15, 0.2) is 0 Å². The number of ether oxygens (including phenoxy) is 1. The molecule has 0 fully saturated rings. The average Bonchev–Trinajstić information content (AvgIpc) is 2.97. The van der Waals surface area contributed by atoms with Crippen molar-refractivity contribution in [3.8, 4) is 0 Å². The van der Waals surface area contributed by atoms with E-state index in [0.29, 0.717) is 17.7 Å². The topological polar surface area (TPSA) is 82.5 Å². The minimum Gasteiger partial charge on any atom is -0.469 e. The van der Waals surface area contributed by atoms with Crippen molar-refractivity contribution in [3.05, 3.63) is 59.8 Å². The number of aryl methyl sites for hydroxylation is 1. The fourth-order valence-electron chi connectivity index (χ4n) is 1.80. The second-order valence-electron chi connectivity index (χ2n) is 4.40. The van der Waals surface area contributed by atoms with Crippen LogP contribution in [0.25, 0.3) is 0 Å². The van der Waals surface area contributed by atoms with E-state index < -0.39 is 23.8 Å². The van der Waals surface area contributed by atoms with Gasteiger partial charge in [-0.2, -0.15) is 0 Å². The third kappa shape index (κ3) is 4.17. The van der Waals surface area contributed by atoms with E-state index in [1.807, 2.05) is 0 Å². The van der Waals surface area contributed by atoms with Crippen molar-refractivity contribution in [2.24, 2.45) is 5.73 Å². The molecular weight excluding hydrogens is 277 g/mol. The zero-order chi connectivity index (χ0) is 15.2. The van der Waals surface area contributed by atoms with Crippen LogP contribution < -0.4 is 5.73 Å². The van der Waals surface area contributed by atoms with Gasteiger partial charge >= 0.3 is 5.97 Å². The van der Waals surface area contributed by atoms with Gasteiger partial charge in [-0.05, 0) is 24.3 Å². The van der Waals surface area contributed by atoms with Gasteiger partial charge in [-0.25, -0.2) is 4.39 Å². The van der Waals surface area contributed by atoms with Gasteiger partial charge < -0.3 is 14.9 Å². The molecule has 2 rings (SSSR count). The SMILES string of the molecule is NC(=O)[C@H](OC(=O)CCc1ccco1)c1ccc(F)cc1. The maximum Gasteiger partial charge on any atom is 0.307 e. The van der Waals surface area contributed by atoms with Gasteiger partial charge in [0.1, 0.15) is 11.6 Å². The van der Waals surface area contributed by atoms with Crippen LogP contribution in [0.1, 0.15) is 23.8 Å². The number of primary amides is 1. The maximum absolute atomic E-state index is 12.9. The van der Waals surface area contributed by atoms with E-state index in [-0.39, 0.29) is 6.42 Å². The maximum atomic E-state index is 12.9. The van der Waals surface area contributed by atoms with Crippen molar-refractivity contribution in [1.29, 1.82) is 0 Å². The molecule has 21 heavy (non-hydrogen) atoms. The lowest BCUT2D eigenvalue weighted by molar-refractivity contribution is -0.155. The molecule has 0 aliphatic heterocycles. The Morgan fingerprint density at radius 3 is 2.52 bits per heavy atom. The standard InChI is InChI=1S/C15H14FNO4/c16-11-5-3-10(4-6-11)14(15(17)19)21-13(18)8-7-12-2-1-9-20-12/h1-6,9,14H,7-8H2,(H2,17,19)/t14-/m1/s1. The zero-order valence-electron chi connectivity index (χ0n) is 11.1. The minimum atomic E-state index is -1.23. The average molecular weight is 291 g/mol. The quantitative estimate of drug-likeness (QED) is 0.826. The molecule has 0 unspecified atom stereocenters. The van der Waals surface area contributed by atoms with Crippen LogP contribution >= 0.6 is 0 Å². The Labute approximate surface area is 120 Å². The molecule has 0 aliphatic rings. The molecule has 5 nitrogen and oxygen atoms in total. The molecule has 110 valence electrons. The first-order valence-electron chi connectivity index (χ1n) is 6.33. The third-order valence-electron chi connectivity index (χ3n) is 2.84. The molecular formula is C15H14FNO4. The van der Waals surface area contributed by atoms with Crippen LogP contribution in [0.3, 0.4) is 0 Å². The van der Waals surface area contributed by atoms with Crippen molar-refractivity contribution in [2.75, 3.05) is 0 Å². The fourth-order valence-corrected chi connectivity index (χ4v) is 1.80. The zero-order valence-corrected chi connectivity index (χ0v) is 11.1. The summed E-state index contributed by atoms with van der Waals surface area (Å²) in [7, 11) is 0. The number of hydrogen-bond acceptors (Lipinski definition) is 4. The lowest BCUT2D eigenvalue weighted by atomic mass is 10.1. The van der Waals surface area contributed by atoms with Crippen molar-refractivity contribution in [2.45, 2.75) is 18.9 Å². The monoisotopic (exact) mass is 291 g/mol. The first-order chi connectivity index (χ1) is 10.1. The van der Waals surface area contributed by atoms with Crippen LogP contribution in [-0.4, -0.2) is 11.9 Å². The van der Waals surface area contributed by atoms with E-state index in [9.17, 15) is 14.0 Å². The Balaban J connectivity index is 1.97. The Bertz CT molecular complexity index is 607. The van der Waals surface area contributed by atoms with Gasteiger partial charge in [0, 0.05) is 12.0 Å². The molecule has 1 heterocycles.